The zero-order chi connectivity index (χ0) is 20.9. The van der Waals surface area contributed by atoms with Gasteiger partial charge in [0, 0.05) is 10.3 Å². The number of nitrogens with zero attached hydrogens (tertiary/aromatic N) is 2. The molecule has 2 heterocycles. The van der Waals surface area contributed by atoms with Crippen molar-refractivity contribution in [3.63, 3.8) is 0 Å². The van der Waals surface area contributed by atoms with E-state index in [1.165, 1.54) is 35.2 Å². The molecule has 0 radical (unpaired) electrons. The first-order chi connectivity index (χ1) is 13.1. The van der Waals surface area contributed by atoms with Crippen molar-refractivity contribution in [3.8, 4) is 5.88 Å². The Kier molecular flexibility index (Phi) is 7.62. The Balaban J connectivity index is 2.21. The van der Waals surface area contributed by atoms with E-state index in [1.807, 2.05) is 32.2 Å². The van der Waals surface area contributed by atoms with Gasteiger partial charge in [-0.15, -0.1) is 24.5 Å². The number of halogens is 4. The largest absolute Gasteiger partial charge is 0.574 e. The maximum absolute atomic E-state index is 12.4. The second-order valence-corrected chi connectivity index (χ2v) is 7.99. The number of allylic oxidation sites excluding steroid dienone is 2. The van der Waals surface area contributed by atoms with Crippen LogP contribution in [0.2, 0.25) is 5.02 Å². The van der Waals surface area contributed by atoms with Crippen molar-refractivity contribution in [1.29, 1.82) is 0 Å². The van der Waals surface area contributed by atoms with Gasteiger partial charge < -0.3 is 15.8 Å². The number of anilines is 2. The van der Waals surface area contributed by atoms with E-state index < -0.39 is 12.2 Å². The Hall–Kier alpha value is -1.91. The van der Waals surface area contributed by atoms with Crippen LogP contribution in [0, 0.1) is 0 Å². The summed E-state index contributed by atoms with van der Waals surface area (Å²) in [5.41, 5.74) is 7.75. The molecule has 0 spiro atoms. The topological polar surface area (TPSA) is 73.1 Å². The van der Waals surface area contributed by atoms with Crippen LogP contribution in [0.3, 0.4) is 0 Å². The van der Waals surface area contributed by atoms with E-state index in [0.717, 1.165) is 16.9 Å². The number of thioether (sulfide) groups is 1. The second kappa shape index (κ2) is 9.53. The van der Waals surface area contributed by atoms with Gasteiger partial charge in [-0.3, -0.25) is 0 Å². The fourth-order valence-corrected chi connectivity index (χ4v) is 3.82. The number of ether oxygens (including phenoxy) is 1. The average molecular weight is 451 g/mol. The van der Waals surface area contributed by atoms with E-state index in [1.54, 1.807) is 0 Å². The lowest BCUT2D eigenvalue weighted by atomic mass is 10.3. The highest BCUT2D eigenvalue weighted by Gasteiger charge is 2.33. The standard InChI is InChI=1S/C17H18ClF3N4OS2/c1-4-5-12(22)28-14(9(2)3)11-8-27-16(23-11)25-13-7-6-10(18)15(24-13)26-17(19,20)21/h5-8H,4,22H2,1-3H3,(H,23,24,25)/b12-5+. The quantitative estimate of drug-likeness (QED) is 0.499. The molecule has 0 aliphatic heterocycles. The number of hydrogen-bond acceptors (Lipinski definition) is 7. The fraction of sp³-hybridized carbons (Fsp3) is 0.294. The molecule has 3 N–H and O–H groups in total. The summed E-state index contributed by atoms with van der Waals surface area (Å²) >= 11 is 8.41. The molecule has 0 unspecified atom stereocenters. The van der Waals surface area contributed by atoms with Crippen LogP contribution in [0.1, 0.15) is 32.9 Å². The SMILES string of the molecule is CC/C=C(\N)SC(=C(C)C)c1csc(Nc2ccc(Cl)c(OC(F)(F)F)n2)n1. The zero-order valence-electron chi connectivity index (χ0n) is 15.2. The monoisotopic (exact) mass is 450 g/mol. The Morgan fingerprint density at radius 2 is 2.07 bits per heavy atom. The van der Waals surface area contributed by atoms with Crippen LogP contribution in [0.4, 0.5) is 24.1 Å². The zero-order valence-corrected chi connectivity index (χ0v) is 17.6. The van der Waals surface area contributed by atoms with Crippen LogP contribution in [-0.4, -0.2) is 16.3 Å². The molecule has 0 aromatic carbocycles. The second-order valence-electron chi connectivity index (χ2n) is 5.64. The van der Waals surface area contributed by atoms with Crippen molar-refractivity contribution in [1.82, 2.24) is 9.97 Å². The third-order valence-electron chi connectivity index (χ3n) is 3.08. The number of nitrogens with two attached hydrogens (primary N) is 1. The molecular formula is C17H18ClF3N4OS2. The normalized spacial score (nSPS) is 12.0. The molecule has 11 heteroatoms. The number of aromatic nitrogens is 2. The highest BCUT2D eigenvalue weighted by molar-refractivity contribution is 8.11. The molecule has 0 saturated heterocycles. The van der Waals surface area contributed by atoms with Gasteiger partial charge in [-0.1, -0.05) is 41.9 Å². The summed E-state index contributed by atoms with van der Waals surface area (Å²) in [6.45, 7) is 5.90. The maximum Gasteiger partial charge on any atom is 0.574 e. The van der Waals surface area contributed by atoms with E-state index in [0.29, 0.717) is 15.9 Å². The third-order valence-corrected chi connectivity index (χ3v) is 5.35. The number of pyridine rings is 1. The summed E-state index contributed by atoms with van der Waals surface area (Å²) in [5.74, 6) is -0.602. The fourth-order valence-electron chi connectivity index (χ4n) is 1.99. The molecule has 0 saturated carbocycles. The van der Waals surface area contributed by atoms with E-state index >= 15 is 0 Å². The van der Waals surface area contributed by atoms with Gasteiger partial charge in [0.2, 0.25) is 5.88 Å². The molecule has 0 atom stereocenters. The highest BCUT2D eigenvalue weighted by Crippen LogP contribution is 2.36. The van der Waals surface area contributed by atoms with Crippen molar-refractivity contribution in [2.75, 3.05) is 5.32 Å². The minimum Gasteiger partial charge on any atom is -0.394 e. The van der Waals surface area contributed by atoms with E-state index in [-0.39, 0.29) is 10.8 Å². The molecular weight excluding hydrogens is 433 g/mol. The number of nitrogens with one attached hydrogen (secondary N) is 1. The average Bonchev–Trinajstić information content (AvgIpc) is 3.02. The Morgan fingerprint density at radius 1 is 1.36 bits per heavy atom. The molecule has 2 aromatic rings. The van der Waals surface area contributed by atoms with E-state index in [4.69, 9.17) is 17.3 Å². The predicted molar refractivity (Wildman–Crippen MR) is 110 cm³/mol. The lowest BCUT2D eigenvalue weighted by Gasteiger charge is -2.10. The van der Waals surface area contributed by atoms with Crippen LogP contribution in [0.5, 0.6) is 5.88 Å². The lowest BCUT2D eigenvalue weighted by Crippen LogP contribution is -2.18. The van der Waals surface area contributed by atoms with Gasteiger partial charge in [-0.05, 0) is 32.4 Å². The first-order valence-electron chi connectivity index (χ1n) is 8.05. The molecule has 0 fully saturated rings. The van der Waals surface area contributed by atoms with Crippen LogP contribution in [0.25, 0.3) is 4.91 Å². The van der Waals surface area contributed by atoms with Gasteiger partial charge >= 0.3 is 6.36 Å². The van der Waals surface area contributed by atoms with Gasteiger partial charge in [0.25, 0.3) is 0 Å². The van der Waals surface area contributed by atoms with Gasteiger partial charge in [-0.25, -0.2) is 4.98 Å². The van der Waals surface area contributed by atoms with Crippen LogP contribution in [0.15, 0.2) is 34.2 Å². The molecule has 28 heavy (non-hydrogen) atoms. The van der Waals surface area contributed by atoms with Gasteiger partial charge in [0.05, 0.1) is 10.7 Å². The molecule has 0 amide bonds. The number of thiazole rings is 1. The van der Waals surface area contributed by atoms with Gasteiger partial charge in [0.15, 0.2) is 5.13 Å². The van der Waals surface area contributed by atoms with Crippen molar-refractivity contribution in [2.45, 2.75) is 33.6 Å². The van der Waals surface area contributed by atoms with E-state index in [9.17, 15) is 13.2 Å². The van der Waals surface area contributed by atoms with Crippen LogP contribution >= 0.6 is 34.7 Å². The summed E-state index contributed by atoms with van der Waals surface area (Å²) in [6, 6.07) is 2.70. The Morgan fingerprint density at radius 3 is 2.68 bits per heavy atom. The minimum absolute atomic E-state index is 0.126. The van der Waals surface area contributed by atoms with Crippen LogP contribution < -0.4 is 15.8 Å². The molecule has 0 bridgehead atoms. The lowest BCUT2D eigenvalue weighted by molar-refractivity contribution is -0.276. The summed E-state index contributed by atoms with van der Waals surface area (Å²) in [7, 11) is 0. The van der Waals surface area contributed by atoms with Crippen molar-refractivity contribution in [2.24, 2.45) is 5.73 Å². The Labute approximate surface area is 173 Å². The van der Waals surface area contributed by atoms with E-state index in [2.05, 4.69) is 20.0 Å². The molecule has 2 aromatic heterocycles. The summed E-state index contributed by atoms with van der Waals surface area (Å²) in [4.78, 5) is 9.14. The molecule has 0 aliphatic carbocycles. The number of hydrogen-bond donors (Lipinski definition) is 2. The summed E-state index contributed by atoms with van der Waals surface area (Å²) in [6.07, 6.45) is -2.15. The molecule has 0 aliphatic rings. The third kappa shape index (κ3) is 6.61. The maximum atomic E-state index is 12.4. The minimum atomic E-state index is -4.88. The smallest absolute Gasteiger partial charge is 0.394 e. The van der Waals surface area contributed by atoms with Crippen LogP contribution in [-0.2, 0) is 0 Å². The van der Waals surface area contributed by atoms with Crippen molar-refractivity contribution in [3.05, 3.63) is 44.9 Å². The first-order valence-corrected chi connectivity index (χ1v) is 10.1. The summed E-state index contributed by atoms with van der Waals surface area (Å²) < 4.78 is 41.1. The summed E-state index contributed by atoms with van der Waals surface area (Å²) in [5, 5.41) is 5.58. The molecule has 2 rings (SSSR count). The number of alkyl halides is 3. The highest BCUT2D eigenvalue weighted by atomic mass is 35.5. The molecule has 152 valence electrons. The predicted octanol–water partition coefficient (Wildman–Crippen LogP) is 6.53. The number of rotatable bonds is 7. The van der Waals surface area contributed by atoms with Crippen molar-refractivity contribution >= 4 is 50.6 Å². The van der Waals surface area contributed by atoms with Gasteiger partial charge in [-0.2, -0.15) is 4.98 Å². The Bertz CT molecular complexity index is 893. The van der Waals surface area contributed by atoms with Gasteiger partial charge in [0.1, 0.15) is 10.8 Å². The molecule has 5 nitrogen and oxygen atoms in total. The van der Waals surface area contributed by atoms with Crippen molar-refractivity contribution < 1.29 is 17.9 Å². The first kappa shape index (κ1) is 22.4.